The molecule has 0 aliphatic carbocycles. The molecule has 0 heterocycles. The molecule has 6 heteroatoms. The zero-order chi connectivity index (χ0) is 12.4. The van der Waals surface area contributed by atoms with Crippen LogP contribution in [0.15, 0.2) is 0 Å². The Bertz CT molecular complexity index is 192. The van der Waals surface area contributed by atoms with Crippen LogP contribution in [-0.2, 0) is 9.53 Å². The monoisotopic (exact) mass is 238 g/mol. The average molecular weight is 238 g/mol. The molecule has 0 spiro atoms. The Hall–Kier alpha value is -0.750. The summed E-state index contributed by atoms with van der Waals surface area (Å²) in [5.74, 6) is -0.225. The first kappa shape index (κ1) is 15.2. The molecule has 0 rings (SSSR count). The smallest absolute Gasteiger partial charge is 0.261 e. The predicted molar refractivity (Wildman–Crippen MR) is 57.5 cm³/mol. The molecule has 1 amide bonds. The van der Waals surface area contributed by atoms with Crippen LogP contribution in [0.4, 0.5) is 8.78 Å². The van der Waals surface area contributed by atoms with Gasteiger partial charge in [-0.1, -0.05) is 13.8 Å². The van der Waals surface area contributed by atoms with Crippen LogP contribution < -0.4 is 10.6 Å². The van der Waals surface area contributed by atoms with Crippen LogP contribution in [0.5, 0.6) is 0 Å². The van der Waals surface area contributed by atoms with Gasteiger partial charge in [0.05, 0.1) is 6.61 Å². The fourth-order valence-corrected chi connectivity index (χ4v) is 1.05. The minimum atomic E-state index is -2.46. The van der Waals surface area contributed by atoms with Crippen LogP contribution in [0.2, 0.25) is 0 Å². The molecule has 1 atom stereocenters. The Labute approximate surface area is 94.7 Å². The van der Waals surface area contributed by atoms with Crippen molar-refractivity contribution in [1.29, 1.82) is 0 Å². The minimum Gasteiger partial charge on any atom is -0.374 e. The molecule has 0 saturated heterocycles. The lowest BCUT2D eigenvalue weighted by atomic mass is 10.1. The van der Waals surface area contributed by atoms with Crippen molar-refractivity contribution < 1.29 is 18.3 Å². The summed E-state index contributed by atoms with van der Waals surface area (Å²) in [6, 6.07) is 0. The highest BCUT2D eigenvalue weighted by atomic mass is 19.3. The van der Waals surface area contributed by atoms with Gasteiger partial charge in [-0.2, -0.15) is 0 Å². The van der Waals surface area contributed by atoms with Gasteiger partial charge in [-0.15, -0.1) is 0 Å². The van der Waals surface area contributed by atoms with Crippen molar-refractivity contribution in [1.82, 2.24) is 10.6 Å². The molecule has 0 aromatic carbocycles. The number of rotatable bonds is 9. The average Bonchev–Trinajstić information content (AvgIpc) is 2.24. The molecular weight excluding hydrogens is 218 g/mol. The van der Waals surface area contributed by atoms with Crippen molar-refractivity contribution in [3.8, 4) is 0 Å². The third-order valence-electron chi connectivity index (χ3n) is 1.94. The van der Waals surface area contributed by atoms with Gasteiger partial charge < -0.3 is 15.4 Å². The quantitative estimate of drug-likeness (QED) is 0.579. The van der Waals surface area contributed by atoms with Crippen LogP contribution >= 0.6 is 0 Å². The Morgan fingerprint density at radius 2 is 2.12 bits per heavy atom. The summed E-state index contributed by atoms with van der Waals surface area (Å²) in [5, 5.41) is 5.67. The Balaban J connectivity index is 3.42. The number of halogens is 2. The van der Waals surface area contributed by atoms with E-state index in [0.29, 0.717) is 6.54 Å². The van der Waals surface area contributed by atoms with Gasteiger partial charge in [0.15, 0.2) is 0 Å². The standard InChI is InChI=1S/C10H20F2N2O2/c1-3-13-6-8(2)10(15)14-4-5-16-7-9(11)12/h8-9,13H,3-7H2,1-2H3,(H,14,15). The number of carbonyl (C=O) groups is 1. The van der Waals surface area contributed by atoms with Crippen LogP contribution in [0.25, 0.3) is 0 Å². The molecule has 16 heavy (non-hydrogen) atoms. The van der Waals surface area contributed by atoms with E-state index in [0.717, 1.165) is 6.54 Å². The van der Waals surface area contributed by atoms with E-state index in [4.69, 9.17) is 0 Å². The molecule has 0 radical (unpaired) electrons. The molecule has 0 aromatic heterocycles. The number of hydrogen-bond donors (Lipinski definition) is 2. The SMILES string of the molecule is CCNCC(C)C(=O)NCCOCC(F)F. The number of hydrogen-bond acceptors (Lipinski definition) is 3. The fourth-order valence-electron chi connectivity index (χ4n) is 1.05. The molecule has 0 aromatic rings. The van der Waals surface area contributed by atoms with Gasteiger partial charge in [-0.05, 0) is 6.54 Å². The van der Waals surface area contributed by atoms with Gasteiger partial charge in [-0.25, -0.2) is 8.78 Å². The van der Waals surface area contributed by atoms with Crippen molar-refractivity contribution in [3.05, 3.63) is 0 Å². The second-order valence-electron chi connectivity index (χ2n) is 3.47. The maximum absolute atomic E-state index is 11.7. The van der Waals surface area contributed by atoms with Crippen LogP contribution in [0.3, 0.4) is 0 Å². The van der Waals surface area contributed by atoms with Crippen LogP contribution in [-0.4, -0.2) is 45.2 Å². The molecule has 0 bridgehead atoms. The van der Waals surface area contributed by atoms with Crippen LogP contribution in [0.1, 0.15) is 13.8 Å². The van der Waals surface area contributed by atoms with Gasteiger partial charge >= 0.3 is 0 Å². The predicted octanol–water partition coefficient (Wildman–Crippen LogP) is 0.630. The Morgan fingerprint density at radius 3 is 2.69 bits per heavy atom. The summed E-state index contributed by atoms with van der Waals surface area (Å²) in [6.07, 6.45) is -2.46. The highest BCUT2D eigenvalue weighted by molar-refractivity contribution is 5.78. The lowest BCUT2D eigenvalue weighted by Gasteiger charge is -2.12. The van der Waals surface area contributed by atoms with E-state index in [1.165, 1.54) is 0 Å². The van der Waals surface area contributed by atoms with E-state index >= 15 is 0 Å². The van der Waals surface area contributed by atoms with Gasteiger partial charge in [0.2, 0.25) is 5.91 Å². The minimum absolute atomic E-state index is 0.0957. The summed E-state index contributed by atoms with van der Waals surface area (Å²) in [5.41, 5.74) is 0. The number of carbonyl (C=O) groups excluding carboxylic acids is 1. The van der Waals surface area contributed by atoms with Gasteiger partial charge in [0, 0.05) is 19.0 Å². The maximum atomic E-state index is 11.7. The number of nitrogens with one attached hydrogen (secondary N) is 2. The molecule has 4 nitrogen and oxygen atoms in total. The second kappa shape index (κ2) is 9.47. The number of ether oxygens (including phenoxy) is 1. The first-order valence-corrected chi connectivity index (χ1v) is 5.42. The zero-order valence-electron chi connectivity index (χ0n) is 9.76. The molecule has 0 fully saturated rings. The zero-order valence-corrected chi connectivity index (χ0v) is 9.76. The van der Waals surface area contributed by atoms with Crippen molar-refractivity contribution in [3.63, 3.8) is 0 Å². The van der Waals surface area contributed by atoms with E-state index in [1.54, 1.807) is 6.92 Å². The van der Waals surface area contributed by atoms with Gasteiger partial charge in [0.1, 0.15) is 6.61 Å². The molecule has 1 unspecified atom stereocenters. The largest absolute Gasteiger partial charge is 0.374 e. The molecule has 96 valence electrons. The van der Waals surface area contributed by atoms with Gasteiger partial charge in [-0.3, -0.25) is 4.79 Å². The fraction of sp³-hybridized carbons (Fsp3) is 0.900. The summed E-state index contributed by atoms with van der Waals surface area (Å²) < 4.78 is 28.0. The highest BCUT2D eigenvalue weighted by Gasteiger charge is 2.11. The van der Waals surface area contributed by atoms with Gasteiger partial charge in [0.25, 0.3) is 6.43 Å². The lowest BCUT2D eigenvalue weighted by molar-refractivity contribution is -0.124. The molecule has 0 aliphatic rings. The summed E-state index contributed by atoms with van der Waals surface area (Å²) in [6.45, 7) is 4.99. The molecule has 2 N–H and O–H groups in total. The topological polar surface area (TPSA) is 50.4 Å². The van der Waals surface area contributed by atoms with E-state index < -0.39 is 13.0 Å². The third-order valence-corrected chi connectivity index (χ3v) is 1.94. The maximum Gasteiger partial charge on any atom is 0.261 e. The summed E-state index contributed by atoms with van der Waals surface area (Å²) in [7, 11) is 0. The summed E-state index contributed by atoms with van der Waals surface area (Å²) in [4.78, 5) is 11.4. The van der Waals surface area contributed by atoms with E-state index in [-0.39, 0.29) is 25.0 Å². The first-order chi connectivity index (χ1) is 7.57. The summed E-state index contributed by atoms with van der Waals surface area (Å²) >= 11 is 0. The van der Waals surface area contributed by atoms with E-state index in [2.05, 4.69) is 15.4 Å². The van der Waals surface area contributed by atoms with E-state index in [1.807, 2.05) is 6.92 Å². The van der Waals surface area contributed by atoms with Crippen molar-refractivity contribution in [2.24, 2.45) is 5.92 Å². The molecule has 0 saturated carbocycles. The number of amides is 1. The Morgan fingerprint density at radius 1 is 1.44 bits per heavy atom. The first-order valence-electron chi connectivity index (χ1n) is 5.42. The van der Waals surface area contributed by atoms with Crippen molar-refractivity contribution >= 4 is 5.91 Å². The normalized spacial score (nSPS) is 12.8. The lowest BCUT2D eigenvalue weighted by Crippen LogP contribution is -2.37. The second-order valence-corrected chi connectivity index (χ2v) is 3.47. The van der Waals surface area contributed by atoms with Crippen molar-refractivity contribution in [2.75, 3.05) is 32.8 Å². The third kappa shape index (κ3) is 8.55. The van der Waals surface area contributed by atoms with Crippen LogP contribution in [0, 0.1) is 5.92 Å². The molecule has 0 aliphatic heterocycles. The van der Waals surface area contributed by atoms with E-state index in [9.17, 15) is 13.6 Å². The van der Waals surface area contributed by atoms with Crippen molar-refractivity contribution in [2.45, 2.75) is 20.3 Å². The molecular formula is C10H20F2N2O2. The number of alkyl halides is 2. The Kier molecular flexibility index (Phi) is 9.03. The highest BCUT2D eigenvalue weighted by Crippen LogP contribution is 1.93.